The van der Waals surface area contributed by atoms with Crippen molar-refractivity contribution in [1.82, 2.24) is 4.90 Å². The Morgan fingerprint density at radius 1 is 1.33 bits per heavy atom. The predicted molar refractivity (Wildman–Crippen MR) is 55.8 cm³/mol. The average molecular weight is 222 g/mol. The van der Waals surface area contributed by atoms with Gasteiger partial charge in [0.2, 0.25) is 5.91 Å². The standard InChI is InChI=1S/C10H20F2N2O/c1-3-5-8(13)10(15)14(6-4-2)7-9(11)12/h8-9H,3-7,13H2,1-2H3. The van der Waals surface area contributed by atoms with Crippen molar-refractivity contribution in [3.05, 3.63) is 0 Å². The molecule has 0 aliphatic rings. The molecule has 0 saturated heterocycles. The van der Waals surface area contributed by atoms with Gasteiger partial charge in [-0.1, -0.05) is 20.3 Å². The SMILES string of the molecule is CCCC(N)C(=O)N(CCC)CC(F)F. The van der Waals surface area contributed by atoms with Gasteiger partial charge in [-0.25, -0.2) is 8.78 Å². The fraction of sp³-hybridized carbons (Fsp3) is 0.900. The van der Waals surface area contributed by atoms with Crippen LogP contribution >= 0.6 is 0 Å². The Balaban J connectivity index is 4.26. The summed E-state index contributed by atoms with van der Waals surface area (Å²) >= 11 is 0. The summed E-state index contributed by atoms with van der Waals surface area (Å²) in [5.41, 5.74) is 5.60. The first-order valence-electron chi connectivity index (χ1n) is 5.35. The molecular weight excluding hydrogens is 202 g/mol. The number of alkyl halides is 2. The highest BCUT2D eigenvalue weighted by Crippen LogP contribution is 2.05. The highest BCUT2D eigenvalue weighted by atomic mass is 19.3. The van der Waals surface area contributed by atoms with Crippen molar-refractivity contribution in [3.63, 3.8) is 0 Å². The van der Waals surface area contributed by atoms with Crippen LogP contribution in [0, 0.1) is 0 Å². The number of rotatable bonds is 7. The van der Waals surface area contributed by atoms with Gasteiger partial charge in [0.05, 0.1) is 12.6 Å². The van der Waals surface area contributed by atoms with Gasteiger partial charge in [0, 0.05) is 6.54 Å². The number of hydrogen-bond donors (Lipinski definition) is 1. The van der Waals surface area contributed by atoms with Crippen LogP contribution in [-0.4, -0.2) is 36.4 Å². The maximum Gasteiger partial charge on any atom is 0.255 e. The Bertz CT molecular complexity index is 188. The highest BCUT2D eigenvalue weighted by molar-refractivity contribution is 5.81. The van der Waals surface area contributed by atoms with Gasteiger partial charge in [0.1, 0.15) is 0 Å². The summed E-state index contributed by atoms with van der Waals surface area (Å²) in [6.45, 7) is 3.59. The first-order chi connectivity index (χ1) is 7.02. The lowest BCUT2D eigenvalue weighted by Gasteiger charge is -2.24. The van der Waals surface area contributed by atoms with E-state index in [0.717, 1.165) is 11.3 Å². The van der Waals surface area contributed by atoms with Crippen LogP contribution in [0.4, 0.5) is 8.78 Å². The van der Waals surface area contributed by atoms with Crippen LogP contribution in [0.5, 0.6) is 0 Å². The van der Waals surface area contributed by atoms with Crippen molar-refractivity contribution in [1.29, 1.82) is 0 Å². The fourth-order valence-electron chi connectivity index (χ4n) is 1.40. The second-order valence-corrected chi connectivity index (χ2v) is 3.57. The van der Waals surface area contributed by atoms with Crippen LogP contribution in [0.2, 0.25) is 0 Å². The van der Waals surface area contributed by atoms with Crippen LogP contribution < -0.4 is 5.73 Å². The van der Waals surface area contributed by atoms with Crippen molar-refractivity contribution < 1.29 is 13.6 Å². The van der Waals surface area contributed by atoms with Gasteiger partial charge < -0.3 is 10.6 Å². The summed E-state index contributed by atoms with van der Waals surface area (Å²) in [6, 6.07) is -0.639. The Hall–Kier alpha value is -0.710. The van der Waals surface area contributed by atoms with Crippen molar-refractivity contribution in [2.24, 2.45) is 5.73 Å². The molecule has 0 rings (SSSR count). The quantitative estimate of drug-likeness (QED) is 0.711. The Kier molecular flexibility index (Phi) is 7.21. The van der Waals surface area contributed by atoms with E-state index in [1.165, 1.54) is 0 Å². The number of amides is 1. The summed E-state index contributed by atoms with van der Waals surface area (Å²) in [7, 11) is 0. The average Bonchev–Trinajstić information content (AvgIpc) is 2.16. The van der Waals surface area contributed by atoms with E-state index >= 15 is 0 Å². The zero-order chi connectivity index (χ0) is 11.8. The molecule has 0 aromatic carbocycles. The van der Waals surface area contributed by atoms with Gasteiger partial charge in [-0.15, -0.1) is 0 Å². The van der Waals surface area contributed by atoms with Gasteiger partial charge in [-0.2, -0.15) is 0 Å². The second-order valence-electron chi connectivity index (χ2n) is 3.57. The molecule has 1 amide bonds. The van der Waals surface area contributed by atoms with E-state index in [1.54, 1.807) is 0 Å². The third-order valence-corrected chi connectivity index (χ3v) is 2.08. The minimum Gasteiger partial charge on any atom is -0.336 e. The number of hydrogen-bond acceptors (Lipinski definition) is 2. The molecule has 2 N–H and O–H groups in total. The van der Waals surface area contributed by atoms with Crippen molar-refractivity contribution >= 4 is 5.91 Å². The van der Waals surface area contributed by atoms with Crippen molar-refractivity contribution in [3.8, 4) is 0 Å². The minimum absolute atomic E-state index is 0.348. The third kappa shape index (κ3) is 5.67. The molecular formula is C10H20F2N2O. The topological polar surface area (TPSA) is 46.3 Å². The van der Waals surface area contributed by atoms with Gasteiger partial charge >= 0.3 is 0 Å². The molecule has 0 fully saturated rings. The number of carbonyl (C=O) groups is 1. The lowest BCUT2D eigenvalue weighted by molar-refractivity contribution is -0.134. The molecule has 0 heterocycles. The molecule has 1 atom stereocenters. The predicted octanol–water partition coefficient (Wildman–Crippen LogP) is 1.62. The monoisotopic (exact) mass is 222 g/mol. The zero-order valence-electron chi connectivity index (χ0n) is 9.38. The van der Waals surface area contributed by atoms with E-state index in [0.29, 0.717) is 19.4 Å². The molecule has 90 valence electrons. The number of nitrogens with zero attached hydrogens (tertiary/aromatic N) is 1. The number of nitrogens with two attached hydrogens (primary N) is 1. The zero-order valence-corrected chi connectivity index (χ0v) is 9.38. The van der Waals surface area contributed by atoms with Crippen LogP contribution in [0.25, 0.3) is 0 Å². The van der Waals surface area contributed by atoms with E-state index in [4.69, 9.17) is 5.73 Å². The van der Waals surface area contributed by atoms with Gasteiger partial charge in [0.25, 0.3) is 6.43 Å². The minimum atomic E-state index is -2.49. The normalized spacial score (nSPS) is 12.9. The molecule has 0 aliphatic heterocycles. The fourth-order valence-corrected chi connectivity index (χ4v) is 1.40. The molecule has 3 nitrogen and oxygen atoms in total. The second kappa shape index (κ2) is 7.56. The molecule has 15 heavy (non-hydrogen) atoms. The van der Waals surface area contributed by atoms with Crippen LogP contribution in [0.15, 0.2) is 0 Å². The first kappa shape index (κ1) is 14.3. The molecule has 0 radical (unpaired) electrons. The molecule has 0 saturated carbocycles. The lowest BCUT2D eigenvalue weighted by atomic mass is 10.1. The van der Waals surface area contributed by atoms with E-state index in [1.807, 2.05) is 13.8 Å². The summed E-state index contributed by atoms with van der Waals surface area (Å²) in [6.07, 6.45) is -0.504. The molecule has 1 unspecified atom stereocenters. The van der Waals surface area contributed by atoms with E-state index in [2.05, 4.69) is 0 Å². The lowest BCUT2D eigenvalue weighted by Crippen LogP contribution is -2.45. The molecule has 0 aliphatic carbocycles. The maximum absolute atomic E-state index is 12.2. The molecule has 0 aromatic rings. The van der Waals surface area contributed by atoms with Crippen molar-refractivity contribution in [2.75, 3.05) is 13.1 Å². The molecule has 5 heteroatoms. The van der Waals surface area contributed by atoms with Crippen LogP contribution in [0.3, 0.4) is 0 Å². The van der Waals surface area contributed by atoms with E-state index in [9.17, 15) is 13.6 Å². The molecule has 0 aromatic heterocycles. The highest BCUT2D eigenvalue weighted by Gasteiger charge is 2.22. The summed E-state index contributed by atoms with van der Waals surface area (Å²) in [5, 5.41) is 0. The molecule has 0 bridgehead atoms. The first-order valence-corrected chi connectivity index (χ1v) is 5.35. The number of carbonyl (C=O) groups excluding carboxylic acids is 1. The summed E-state index contributed by atoms with van der Waals surface area (Å²) < 4.78 is 24.4. The summed E-state index contributed by atoms with van der Waals surface area (Å²) in [5.74, 6) is -0.362. The maximum atomic E-state index is 12.2. The van der Waals surface area contributed by atoms with E-state index in [-0.39, 0.29) is 5.91 Å². The molecule has 0 spiro atoms. The largest absolute Gasteiger partial charge is 0.336 e. The Morgan fingerprint density at radius 3 is 2.33 bits per heavy atom. The third-order valence-electron chi connectivity index (χ3n) is 2.08. The van der Waals surface area contributed by atoms with Gasteiger partial charge in [-0.05, 0) is 12.8 Å². The van der Waals surface area contributed by atoms with Gasteiger partial charge in [-0.3, -0.25) is 4.79 Å². The number of halogens is 2. The Labute approximate surface area is 89.6 Å². The van der Waals surface area contributed by atoms with Crippen LogP contribution in [-0.2, 0) is 4.79 Å². The van der Waals surface area contributed by atoms with E-state index < -0.39 is 19.0 Å². The van der Waals surface area contributed by atoms with Crippen LogP contribution in [0.1, 0.15) is 33.1 Å². The Morgan fingerprint density at radius 2 is 1.93 bits per heavy atom. The smallest absolute Gasteiger partial charge is 0.255 e. The summed E-state index contributed by atoms with van der Waals surface area (Å²) in [4.78, 5) is 12.8. The van der Waals surface area contributed by atoms with Crippen molar-refractivity contribution in [2.45, 2.75) is 45.6 Å². The van der Waals surface area contributed by atoms with Gasteiger partial charge in [0.15, 0.2) is 0 Å².